The summed E-state index contributed by atoms with van der Waals surface area (Å²) in [5, 5.41) is 8.71. The van der Waals surface area contributed by atoms with Crippen LogP contribution >= 0.6 is 0 Å². The molecule has 3 heteroatoms. The largest absolute Gasteiger partial charge is 0.394 e. The van der Waals surface area contributed by atoms with E-state index < -0.39 is 6.04 Å². The van der Waals surface area contributed by atoms with Gasteiger partial charge in [-0.05, 0) is 13.0 Å². The number of halogens is 1. The number of hydrogen-bond acceptors (Lipinski definition) is 2. The van der Waals surface area contributed by atoms with Crippen LogP contribution in [0.1, 0.15) is 17.2 Å². The van der Waals surface area contributed by atoms with Crippen molar-refractivity contribution in [3.8, 4) is 0 Å². The van der Waals surface area contributed by atoms with Crippen LogP contribution in [-0.4, -0.2) is 11.7 Å². The average molecular weight is 169 g/mol. The van der Waals surface area contributed by atoms with Gasteiger partial charge in [0.05, 0.1) is 12.6 Å². The lowest BCUT2D eigenvalue weighted by atomic mass is 10.1. The molecular formula is C9H12FNO. The molecule has 0 aliphatic rings. The molecule has 0 saturated heterocycles. The molecule has 2 nitrogen and oxygen atoms in total. The summed E-state index contributed by atoms with van der Waals surface area (Å²) in [6, 6.07) is 4.06. The van der Waals surface area contributed by atoms with Crippen molar-refractivity contribution in [2.24, 2.45) is 5.73 Å². The number of aryl methyl sites for hydroxylation is 1. The van der Waals surface area contributed by atoms with Crippen molar-refractivity contribution in [1.82, 2.24) is 0 Å². The topological polar surface area (TPSA) is 46.2 Å². The summed E-state index contributed by atoms with van der Waals surface area (Å²) >= 11 is 0. The van der Waals surface area contributed by atoms with Gasteiger partial charge in [-0.15, -0.1) is 0 Å². The molecule has 0 fully saturated rings. The Morgan fingerprint density at radius 1 is 1.58 bits per heavy atom. The number of aliphatic hydroxyl groups excluding tert-OH is 1. The maximum atomic E-state index is 13.0. The molecule has 1 rings (SSSR count). The normalized spacial score (nSPS) is 13.0. The minimum atomic E-state index is -0.620. The van der Waals surface area contributed by atoms with E-state index in [2.05, 4.69) is 0 Å². The maximum Gasteiger partial charge on any atom is 0.128 e. The first-order valence-electron chi connectivity index (χ1n) is 3.77. The molecule has 0 aliphatic carbocycles. The fraction of sp³-hybridized carbons (Fsp3) is 0.333. The zero-order valence-corrected chi connectivity index (χ0v) is 6.92. The van der Waals surface area contributed by atoms with Crippen LogP contribution in [0.4, 0.5) is 4.39 Å². The van der Waals surface area contributed by atoms with E-state index in [0.29, 0.717) is 5.56 Å². The fourth-order valence-corrected chi connectivity index (χ4v) is 1.05. The van der Waals surface area contributed by atoms with Gasteiger partial charge in [-0.1, -0.05) is 17.7 Å². The number of aliphatic hydroxyl groups is 1. The molecule has 1 aromatic carbocycles. The summed E-state index contributed by atoms with van der Waals surface area (Å²) in [6.45, 7) is 1.62. The van der Waals surface area contributed by atoms with Gasteiger partial charge < -0.3 is 10.8 Å². The second-order valence-electron chi connectivity index (χ2n) is 2.81. The molecule has 12 heavy (non-hydrogen) atoms. The van der Waals surface area contributed by atoms with Gasteiger partial charge in [-0.2, -0.15) is 0 Å². The van der Waals surface area contributed by atoms with E-state index in [9.17, 15) is 4.39 Å². The lowest BCUT2D eigenvalue weighted by Crippen LogP contribution is -2.16. The Kier molecular flexibility index (Phi) is 2.78. The molecule has 0 radical (unpaired) electrons. The van der Waals surface area contributed by atoms with Crippen LogP contribution < -0.4 is 5.73 Å². The Morgan fingerprint density at radius 2 is 2.25 bits per heavy atom. The van der Waals surface area contributed by atoms with Crippen molar-refractivity contribution < 1.29 is 9.50 Å². The summed E-state index contributed by atoms with van der Waals surface area (Å²) in [4.78, 5) is 0. The molecule has 3 N–H and O–H groups in total. The number of rotatable bonds is 2. The van der Waals surface area contributed by atoms with Crippen LogP contribution in [0.3, 0.4) is 0 Å². The maximum absolute atomic E-state index is 13.0. The van der Waals surface area contributed by atoms with Gasteiger partial charge in [-0.25, -0.2) is 4.39 Å². The molecule has 0 spiro atoms. The molecule has 0 amide bonds. The number of hydrogen-bond donors (Lipinski definition) is 2. The molecule has 0 heterocycles. The SMILES string of the molecule is Cc1ccc(F)c([C@@H](N)CO)c1. The predicted molar refractivity (Wildman–Crippen MR) is 45.2 cm³/mol. The minimum absolute atomic E-state index is 0.236. The second kappa shape index (κ2) is 3.65. The first-order chi connectivity index (χ1) is 5.65. The first-order valence-corrected chi connectivity index (χ1v) is 3.77. The Morgan fingerprint density at radius 3 is 2.83 bits per heavy atom. The Hall–Kier alpha value is -0.930. The van der Waals surface area contributed by atoms with E-state index in [1.165, 1.54) is 6.07 Å². The predicted octanol–water partition coefficient (Wildman–Crippen LogP) is 1.13. The molecule has 0 aliphatic heterocycles. The highest BCUT2D eigenvalue weighted by Gasteiger charge is 2.09. The van der Waals surface area contributed by atoms with Crippen LogP contribution in [0.2, 0.25) is 0 Å². The zero-order chi connectivity index (χ0) is 9.14. The van der Waals surface area contributed by atoms with E-state index in [1.54, 1.807) is 12.1 Å². The van der Waals surface area contributed by atoms with Crippen molar-refractivity contribution >= 4 is 0 Å². The van der Waals surface area contributed by atoms with Gasteiger partial charge in [0.2, 0.25) is 0 Å². The van der Waals surface area contributed by atoms with Crippen LogP contribution in [0.15, 0.2) is 18.2 Å². The van der Waals surface area contributed by atoms with Crippen LogP contribution in [0, 0.1) is 12.7 Å². The van der Waals surface area contributed by atoms with Crippen LogP contribution in [0.5, 0.6) is 0 Å². The fourth-order valence-electron chi connectivity index (χ4n) is 1.05. The van der Waals surface area contributed by atoms with Crippen LogP contribution in [-0.2, 0) is 0 Å². The molecule has 66 valence electrons. The molecule has 1 aromatic rings. The van der Waals surface area contributed by atoms with Gasteiger partial charge in [0, 0.05) is 5.56 Å². The molecular weight excluding hydrogens is 157 g/mol. The van der Waals surface area contributed by atoms with Crippen LogP contribution in [0.25, 0.3) is 0 Å². The van der Waals surface area contributed by atoms with Gasteiger partial charge >= 0.3 is 0 Å². The quantitative estimate of drug-likeness (QED) is 0.697. The van der Waals surface area contributed by atoms with Crippen molar-refractivity contribution in [2.45, 2.75) is 13.0 Å². The summed E-state index contributed by atoms with van der Waals surface area (Å²) in [5.74, 6) is -0.359. The van der Waals surface area contributed by atoms with E-state index in [4.69, 9.17) is 10.8 Å². The highest BCUT2D eigenvalue weighted by atomic mass is 19.1. The van der Waals surface area contributed by atoms with E-state index >= 15 is 0 Å². The highest BCUT2D eigenvalue weighted by Crippen LogP contribution is 2.15. The third-order valence-electron chi connectivity index (χ3n) is 1.75. The Labute approximate surface area is 70.8 Å². The first kappa shape index (κ1) is 9.16. The highest BCUT2D eigenvalue weighted by molar-refractivity contribution is 5.26. The molecule has 0 aromatic heterocycles. The Bertz CT molecular complexity index is 275. The molecule has 0 bridgehead atoms. The Balaban J connectivity index is 3.04. The van der Waals surface area contributed by atoms with Crippen molar-refractivity contribution in [1.29, 1.82) is 0 Å². The van der Waals surface area contributed by atoms with Gasteiger partial charge in [0.25, 0.3) is 0 Å². The standard InChI is InChI=1S/C9H12FNO/c1-6-2-3-8(10)7(4-6)9(11)5-12/h2-4,9,12H,5,11H2,1H3/t9-/m0/s1. The summed E-state index contributed by atoms with van der Waals surface area (Å²) in [6.07, 6.45) is 0. The third-order valence-corrected chi connectivity index (χ3v) is 1.75. The third kappa shape index (κ3) is 1.81. The summed E-state index contributed by atoms with van der Waals surface area (Å²) in [7, 11) is 0. The summed E-state index contributed by atoms with van der Waals surface area (Å²) in [5.41, 5.74) is 6.79. The lowest BCUT2D eigenvalue weighted by Gasteiger charge is -2.09. The van der Waals surface area contributed by atoms with E-state index in [1.807, 2.05) is 6.92 Å². The van der Waals surface area contributed by atoms with Crippen molar-refractivity contribution in [3.63, 3.8) is 0 Å². The van der Waals surface area contributed by atoms with Gasteiger partial charge in [-0.3, -0.25) is 0 Å². The lowest BCUT2D eigenvalue weighted by molar-refractivity contribution is 0.265. The second-order valence-corrected chi connectivity index (χ2v) is 2.81. The van der Waals surface area contributed by atoms with Crippen molar-refractivity contribution in [2.75, 3.05) is 6.61 Å². The number of benzene rings is 1. The molecule has 0 saturated carbocycles. The van der Waals surface area contributed by atoms with Gasteiger partial charge in [0.1, 0.15) is 5.82 Å². The van der Waals surface area contributed by atoms with Gasteiger partial charge in [0.15, 0.2) is 0 Å². The molecule has 0 unspecified atom stereocenters. The average Bonchev–Trinajstić information content (AvgIpc) is 2.08. The van der Waals surface area contributed by atoms with E-state index in [-0.39, 0.29) is 12.4 Å². The monoisotopic (exact) mass is 169 g/mol. The number of nitrogens with two attached hydrogens (primary N) is 1. The molecule has 1 atom stereocenters. The van der Waals surface area contributed by atoms with Crippen molar-refractivity contribution in [3.05, 3.63) is 35.1 Å². The van der Waals surface area contributed by atoms with E-state index in [0.717, 1.165) is 5.56 Å². The zero-order valence-electron chi connectivity index (χ0n) is 6.92. The minimum Gasteiger partial charge on any atom is -0.394 e. The smallest absolute Gasteiger partial charge is 0.128 e. The summed E-state index contributed by atoms with van der Waals surface area (Å²) < 4.78 is 13.0.